The van der Waals surface area contributed by atoms with Gasteiger partial charge in [0.25, 0.3) is 0 Å². The van der Waals surface area contributed by atoms with Crippen molar-refractivity contribution in [3.63, 3.8) is 0 Å². The minimum absolute atomic E-state index is 0.0133. The number of carbonyl (C=O) groups is 1. The number of hydrogen-bond acceptors (Lipinski definition) is 3. The van der Waals surface area contributed by atoms with Gasteiger partial charge in [-0.1, -0.05) is 6.92 Å². The van der Waals surface area contributed by atoms with Crippen molar-refractivity contribution in [2.24, 2.45) is 5.92 Å². The van der Waals surface area contributed by atoms with Gasteiger partial charge in [-0.3, -0.25) is 4.79 Å². The van der Waals surface area contributed by atoms with Crippen molar-refractivity contribution in [3.8, 4) is 0 Å². The predicted molar refractivity (Wildman–Crippen MR) is 80.1 cm³/mol. The van der Waals surface area contributed by atoms with Crippen LogP contribution in [-0.2, 0) is 9.53 Å². The Morgan fingerprint density at radius 2 is 2.32 bits per heavy atom. The van der Waals surface area contributed by atoms with Crippen LogP contribution in [0.15, 0.2) is 16.6 Å². The molecule has 1 fully saturated rings. The molecule has 0 aromatic heterocycles. The maximum absolute atomic E-state index is 12.3. The lowest BCUT2D eigenvalue weighted by Crippen LogP contribution is -2.29. The number of amides is 1. The lowest BCUT2D eigenvalue weighted by molar-refractivity contribution is -0.121. The highest BCUT2D eigenvalue weighted by Gasteiger charge is 2.33. The summed E-state index contributed by atoms with van der Waals surface area (Å²) in [5.74, 6) is -0.0989. The molecule has 2 atom stereocenters. The van der Waals surface area contributed by atoms with Gasteiger partial charge in [-0.2, -0.15) is 0 Å². The standard InChI is InChI=1S/C14H19BrN2O2/c1-3-12-9(4-5-19-12)14(18)17-13-10(15)6-8(2)7-11(13)16/h6-7,9,12H,3-5,16H2,1-2H3,(H,17,18). The average Bonchev–Trinajstić information content (AvgIpc) is 2.81. The highest BCUT2D eigenvalue weighted by atomic mass is 79.9. The van der Waals surface area contributed by atoms with Crippen LogP contribution in [0.5, 0.6) is 0 Å². The summed E-state index contributed by atoms with van der Waals surface area (Å²) in [6.45, 7) is 4.65. The minimum atomic E-state index is -0.0856. The van der Waals surface area contributed by atoms with Crippen LogP contribution < -0.4 is 11.1 Å². The third kappa shape index (κ3) is 3.09. The van der Waals surface area contributed by atoms with Gasteiger partial charge in [0, 0.05) is 11.1 Å². The van der Waals surface area contributed by atoms with Crippen molar-refractivity contribution in [3.05, 3.63) is 22.2 Å². The van der Waals surface area contributed by atoms with Crippen LogP contribution in [0.3, 0.4) is 0 Å². The van der Waals surface area contributed by atoms with E-state index in [4.69, 9.17) is 10.5 Å². The fourth-order valence-corrected chi connectivity index (χ4v) is 3.16. The summed E-state index contributed by atoms with van der Waals surface area (Å²) >= 11 is 3.44. The summed E-state index contributed by atoms with van der Waals surface area (Å²) in [4.78, 5) is 12.3. The molecule has 5 heteroatoms. The van der Waals surface area contributed by atoms with Crippen molar-refractivity contribution in [1.82, 2.24) is 0 Å². The molecule has 1 saturated heterocycles. The second-order valence-electron chi connectivity index (χ2n) is 4.91. The van der Waals surface area contributed by atoms with Gasteiger partial charge in [-0.25, -0.2) is 0 Å². The number of benzene rings is 1. The molecule has 0 radical (unpaired) electrons. The monoisotopic (exact) mass is 326 g/mol. The molecule has 1 aliphatic rings. The highest BCUT2D eigenvalue weighted by Crippen LogP contribution is 2.32. The Labute approximate surface area is 121 Å². The number of carbonyl (C=O) groups excluding carboxylic acids is 1. The third-order valence-electron chi connectivity index (χ3n) is 3.46. The zero-order valence-corrected chi connectivity index (χ0v) is 12.8. The number of halogens is 1. The summed E-state index contributed by atoms with van der Waals surface area (Å²) in [5.41, 5.74) is 8.24. The SMILES string of the molecule is CCC1OCCC1C(=O)Nc1c(N)cc(C)cc1Br. The summed E-state index contributed by atoms with van der Waals surface area (Å²) in [5, 5.41) is 2.92. The first-order chi connectivity index (χ1) is 9.02. The molecule has 3 N–H and O–H groups in total. The molecule has 1 aromatic carbocycles. The Kier molecular flexibility index (Phi) is 4.47. The third-order valence-corrected chi connectivity index (χ3v) is 4.09. The Morgan fingerprint density at radius 3 is 2.95 bits per heavy atom. The van der Waals surface area contributed by atoms with Crippen molar-refractivity contribution in [2.75, 3.05) is 17.7 Å². The fraction of sp³-hybridized carbons (Fsp3) is 0.500. The Morgan fingerprint density at radius 1 is 1.58 bits per heavy atom. The van der Waals surface area contributed by atoms with Crippen LogP contribution in [0, 0.1) is 12.8 Å². The van der Waals surface area contributed by atoms with Crippen LogP contribution in [0.2, 0.25) is 0 Å². The molecule has 0 aliphatic carbocycles. The molecule has 0 bridgehead atoms. The van der Waals surface area contributed by atoms with Gasteiger partial charge in [0.2, 0.25) is 5.91 Å². The van der Waals surface area contributed by atoms with E-state index in [-0.39, 0.29) is 17.9 Å². The Hall–Kier alpha value is -1.07. The molecule has 104 valence electrons. The van der Waals surface area contributed by atoms with E-state index < -0.39 is 0 Å². The molecule has 1 aliphatic heterocycles. The number of hydrogen-bond donors (Lipinski definition) is 2. The van der Waals surface area contributed by atoms with E-state index in [1.54, 1.807) is 0 Å². The Bertz CT molecular complexity index is 467. The molecule has 1 amide bonds. The van der Waals surface area contributed by atoms with Gasteiger partial charge < -0.3 is 15.8 Å². The highest BCUT2D eigenvalue weighted by molar-refractivity contribution is 9.10. The van der Waals surface area contributed by atoms with E-state index in [1.807, 2.05) is 26.0 Å². The molecule has 1 heterocycles. The lowest BCUT2D eigenvalue weighted by Gasteiger charge is -2.18. The van der Waals surface area contributed by atoms with Gasteiger partial charge in [0.15, 0.2) is 0 Å². The quantitative estimate of drug-likeness (QED) is 0.839. The molecule has 2 rings (SSSR count). The van der Waals surface area contributed by atoms with Crippen LogP contribution in [-0.4, -0.2) is 18.6 Å². The second kappa shape index (κ2) is 5.92. The summed E-state index contributed by atoms with van der Waals surface area (Å²) < 4.78 is 6.36. The number of ether oxygens (including phenoxy) is 1. The molecule has 0 saturated carbocycles. The minimum Gasteiger partial charge on any atom is -0.397 e. The normalized spacial score (nSPS) is 22.5. The van der Waals surface area contributed by atoms with Gasteiger partial charge in [-0.15, -0.1) is 0 Å². The van der Waals surface area contributed by atoms with Crippen molar-refractivity contribution in [2.45, 2.75) is 32.8 Å². The molecular weight excluding hydrogens is 308 g/mol. The summed E-state index contributed by atoms with van der Waals surface area (Å²) in [6.07, 6.45) is 1.64. The molecule has 19 heavy (non-hydrogen) atoms. The molecule has 0 spiro atoms. The number of rotatable bonds is 3. The van der Waals surface area contributed by atoms with Crippen LogP contribution in [0.4, 0.5) is 11.4 Å². The number of anilines is 2. The first kappa shape index (κ1) is 14.3. The van der Waals surface area contributed by atoms with Crippen molar-refractivity contribution < 1.29 is 9.53 Å². The fourth-order valence-electron chi connectivity index (χ4n) is 2.47. The summed E-state index contributed by atoms with van der Waals surface area (Å²) in [7, 11) is 0. The zero-order valence-electron chi connectivity index (χ0n) is 11.2. The second-order valence-corrected chi connectivity index (χ2v) is 5.77. The predicted octanol–water partition coefficient (Wildman–Crippen LogP) is 3.09. The lowest BCUT2D eigenvalue weighted by atomic mass is 9.98. The van der Waals surface area contributed by atoms with Crippen LogP contribution in [0.1, 0.15) is 25.3 Å². The first-order valence-electron chi connectivity index (χ1n) is 6.51. The van der Waals surface area contributed by atoms with Gasteiger partial charge in [0.05, 0.1) is 23.4 Å². The van der Waals surface area contributed by atoms with Crippen molar-refractivity contribution in [1.29, 1.82) is 0 Å². The Balaban J connectivity index is 2.15. The van der Waals surface area contributed by atoms with E-state index >= 15 is 0 Å². The zero-order chi connectivity index (χ0) is 14.0. The number of nitrogens with two attached hydrogens (primary N) is 1. The van der Waals surface area contributed by atoms with Gasteiger partial charge in [-0.05, 0) is 53.4 Å². The molecule has 2 unspecified atom stereocenters. The number of nitrogens with one attached hydrogen (secondary N) is 1. The molecule has 4 nitrogen and oxygen atoms in total. The van der Waals surface area contributed by atoms with E-state index in [1.165, 1.54) is 0 Å². The van der Waals surface area contributed by atoms with E-state index in [9.17, 15) is 4.79 Å². The van der Waals surface area contributed by atoms with E-state index in [2.05, 4.69) is 21.2 Å². The molecule has 1 aromatic rings. The van der Waals surface area contributed by atoms with E-state index in [0.29, 0.717) is 18.0 Å². The number of nitrogen functional groups attached to an aromatic ring is 1. The van der Waals surface area contributed by atoms with E-state index in [0.717, 1.165) is 22.9 Å². The van der Waals surface area contributed by atoms with Crippen molar-refractivity contribution >= 4 is 33.2 Å². The first-order valence-corrected chi connectivity index (χ1v) is 7.30. The maximum Gasteiger partial charge on any atom is 0.230 e. The maximum atomic E-state index is 12.3. The smallest absolute Gasteiger partial charge is 0.230 e. The van der Waals surface area contributed by atoms with Crippen LogP contribution >= 0.6 is 15.9 Å². The van der Waals surface area contributed by atoms with Gasteiger partial charge >= 0.3 is 0 Å². The van der Waals surface area contributed by atoms with Gasteiger partial charge in [0.1, 0.15) is 0 Å². The molecular formula is C14H19BrN2O2. The average molecular weight is 327 g/mol. The summed E-state index contributed by atoms with van der Waals surface area (Å²) in [6, 6.07) is 3.79. The number of aryl methyl sites for hydroxylation is 1. The largest absolute Gasteiger partial charge is 0.397 e. The van der Waals surface area contributed by atoms with Crippen LogP contribution in [0.25, 0.3) is 0 Å². The topological polar surface area (TPSA) is 64.3 Å².